The van der Waals surface area contributed by atoms with Crippen molar-refractivity contribution in [1.29, 1.82) is 0 Å². The van der Waals surface area contributed by atoms with Crippen LogP contribution in [0.4, 0.5) is 11.4 Å². The summed E-state index contributed by atoms with van der Waals surface area (Å²) in [5.41, 5.74) is 8.15. The predicted octanol–water partition coefficient (Wildman–Crippen LogP) is 2.92. The van der Waals surface area contributed by atoms with Gasteiger partial charge in [-0.25, -0.2) is 0 Å². The Bertz CT molecular complexity index is 516. The number of nitrogen functional groups attached to an aromatic ring is 1. The van der Waals surface area contributed by atoms with Gasteiger partial charge in [-0.2, -0.15) is 0 Å². The van der Waals surface area contributed by atoms with E-state index in [1.54, 1.807) is 6.07 Å². The first-order valence-electron chi connectivity index (χ1n) is 6.61. The van der Waals surface area contributed by atoms with Gasteiger partial charge in [-0.1, -0.05) is 34.6 Å². The molecule has 0 saturated carbocycles. The summed E-state index contributed by atoms with van der Waals surface area (Å²) >= 11 is 0. The lowest BCUT2D eigenvalue weighted by molar-refractivity contribution is -0.125. The second kappa shape index (κ2) is 4.44. The molecule has 0 radical (unpaired) electrons. The molecule has 4 nitrogen and oxygen atoms in total. The molecule has 1 amide bonds. The van der Waals surface area contributed by atoms with Crippen LogP contribution >= 0.6 is 0 Å². The van der Waals surface area contributed by atoms with Crippen molar-refractivity contribution in [3.8, 4) is 5.75 Å². The van der Waals surface area contributed by atoms with Crippen LogP contribution in [-0.4, -0.2) is 12.0 Å². The lowest BCUT2D eigenvalue weighted by Crippen LogP contribution is -2.41. The molecule has 0 saturated heterocycles. The zero-order chi connectivity index (χ0) is 14.4. The van der Waals surface area contributed by atoms with Gasteiger partial charge in [-0.05, 0) is 23.5 Å². The Balaban J connectivity index is 2.55. The van der Waals surface area contributed by atoms with Crippen LogP contribution in [0.15, 0.2) is 12.1 Å². The standard InChI is InChI=1S/C15H22N2O2/c1-8(2)12-14(18)17-11-7-9(16)6-10(13(11)19-12)15(3,4)5/h6-8,12H,16H2,1-5H3,(H,17,18). The number of ether oxygens (including phenoxy) is 1. The van der Waals surface area contributed by atoms with Crippen LogP contribution < -0.4 is 15.8 Å². The molecule has 19 heavy (non-hydrogen) atoms. The maximum atomic E-state index is 12.0. The van der Waals surface area contributed by atoms with E-state index >= 15 is 0 Å². The second-order valence-electron chi connectivity index (χ2n) is 6.47. The maximum Gasteiger partial charge on any atom is 0.265 e. The number of carbonyl (C=O) groups excluding carboxylic acids is 1. The minimum atomic E-state index is -0.447. The molecule has 104 valence electrons. The van der Waals surface area contributed by atoms with Crippen molar-refractivity contribution in [2.75, 3.05) is 11.1 Å². The van der Waals surface area contributed by atoms with E-state index in [-0.39, 0.29) is 17.2 Å². The minimum Gasteiger partial charge on any atom is -0.478 e. The molecule has 3 N–H and O–H groups in total. The Morgan fingerprint density at radius 2 is 1.95 bits per heavy atom. The number of hydrogen-bond acceptors (Lipinski definition) is 3. The number of amides is 1. The third kappa shape index (κ3) is 2.53. The fourth-order valence-corrected chi connectivity index (χ4v) is 2.25. The third-order valence-corrected chi connectivity index (χ3v) is 3.29. The van der Waals surface area contributed by atoms with Crippen molar-refractivity contribution in [3.63, 3.8) is 0 Å². The van der Waals surface area contributed by atoms with Gasteiger partial charge in [-0.15, -0.1) is 0 Å². The van der Waals surface area contributed by atoms with Gasteiger partial charge < -0.3 is 15.8 Å². The number of nitrogens with one attached hydrogen (secondary N) is 1. The molecule has 0 aromatic heterocycles. The van der Waals surface area contributed by atoms with Crippen molar-refractivity contribution in [2.45, 2.75) is 46.1 Å². The SMILES string of the molecule is CC(C)C1Oc2c(cc(N)cc2C(C)(C)C)NC1=O. The number of hydrogen-bond donors (Lipinski definition) is 2. The van der Waals surface area contributed by atoms with Crippen LogP contribution in [0.3, 0.4) is 0 Å². The van der Waals surface area contributed by atoms with Crippen molar-refractivity contribution >= 4 is 17.3 Å². The van der Waals surface area contributed by atoms with Gasteiger partial charge >= 0.3 is 0 Å². The number of rotatable bonds is 1. The molecular formula is C15H22N2O2. The van der Waals surface area contributed by atoms with Crippen molar-refractivity contribution < 1.29 is 9.53 Å². The quantitative estimate of drug-likeness (QED) is 0.765. The van der Waals surface area contributed by atoms with Crippen molar-refractivity contribution in [3.05, 3.63) is 17.7 Å². The second-order valence-corrected chi connectivity index (χ2v) is 6.47. The number of fused-ring (bicyclic) bond motifs is 1. The first-order valence-corrected chi connectivity index (χ1v) is 6.61. The lowest BCUT2D eigenvalue weighted by atomic mass is 9.85. The highest BCUT2D eigenvalue weighted by molar-refractivity contribution is 5.99. The third-order valence-electron chi connectivity index (χ3n) is 3.29. The first-order chi connectivity index (χ1) is 8.70. The monoisotopic (exact) mass is 262 g/mol. The van der Waals surface area contributed by atoms with Crippen molar-refractivity contribution in [2.24, 2.45) is 5.92 Å². The van der Waals surface area contributed by atoms with E-state index in [1.807, 2.05) is 19.9 Å². The topological polar surface area (TPSA) is 64.3 Å². The van der Waals surface area contributed by atoms with E-state index in [9.17, 15) is 4.79 Å². The normalized spacial score (nSPS) is 18.8. The summed E-state index contributed by atoms with van der Waals surface area (Å²) in [6.07, 6.45) is -0.447. The summed E-state index contributed by atoms with van der Waals surface area (Å²) in [5.74, 6) is 0.770. The molecule has 2 rings (SSSR count). The Morgan fingerprint density at radius 3 is 2.47 bits per heavy atom. The molecule has 0 aliphatic carbocycles. The molecule has 1 aromatic rings. The van der Waals surface area contributed by atoms with E-state index < -0.39 is 6.10 Å². The van der Waals surface area contributed by atoms with Gasteiger partial charge in [0.1, 0.15) is 5.75 Å². The molecule has 0 spiro atoms. The highest BCUT2D eigenvalue weighted by atomic mass is 16.5. The summed E-state index contributed by atoms with van der Waals surface area (Å²) in [4.78, 5) is 12.0. The summed E-state index contributed by atoms with van der Waals surface area (Å²) in [6.45, 7) is 10.3. The molecule has 0 bridgehead atoms. The molecular weight excluding hydrogens is 240 g/mol. The molecule has 1 atom stereocenters. The number of carbonyl (C=O) groups is 1. The summed E-state index contributed by atoms with van der Waals surface area (Å²) in [6, 6.07) is 3.67. The van der Waals surface area contributed by atoms with Crippen molar-refractivity contribution in [1.82, 2.24) is 0 Å². The van der Waals surface area contributed by atoms with E-state index in [1.165, 1.54) is 0 Å². The van der Waals surface area contributed by atoms with Crippen LogP contribution in [0.5, 0.6) is 5.75 Å². The van der Waals surface area contributed by atoms with Gasteiger partial charge in [0.15, 0.2) is 6.10 Å². The largest absolute Gasteiger partial charge is 0.478 e. The average Bonchev–Trinajstić information content (AvgIpc) is 2.25. The fraction of sp³-hybridized carbons (Fsp3) is 0.533. The van der Waals surface area contributed by atoms with Crippen LogP contribution in [0.2, 0.25) is 0 Å². The van der Waals surface area contributed by atoms with E-state index in [0.717, 1.165) is 11.3 Å². The summed E-state index contributed by atoms with van der Waals surface area (Å²) in [5, 5.41) is 2.90. The van der Waals surface area contributed by atoms with Gasteiger partial charge in [0.05, 0.1) is 5.69 Å². The zero-order valence-electron chi connectivity index (χ0n) is 12.2. The molecule has 4 heteroatoms. The first kappa shape index (κ1) is 13.7. The number of nitrogens with two attached hydrogens (primary N) is 1. The van der Waals surface area contributed by atoms with Gasteiger partial charge in [0.25, 0.3) is 5.91 Å². The number of benzene rings is 1. The Hall–Kier alpha value is -1.71. The highest BCUT2D eigenvalue weighted by Gasteiger charge is 2.34. The predicted molar refractivity (Wildman–Crippen MR) is 77.4 cm³/mol. The average molecular weight is 262 g/mol. The molecule has 1 heterocycles. The smallest absolute Gasteiger partial charge is 0.265 e. The summed E-state index contributed by atoms with van der Waals surface area (Å²) in [7, 11) is 0. The molecule has 1 aliphatic heterocycles. The van der Waals surface area contributed by atoms with E-state index in [2.05, 4.69) is 26.1 Å². The maximum absolute atomic E-state index is 12.0. The zero-order valence-corrected chi connectivity index (χ0v) is 12.2. The van der Waals surface area contributed by atoms with Gasteiger partial charge in [-0.3, -0.25) is 4.79 Å². The fourth-order valence-electron chi connectivity index (χ4n) is 2.25. The Labute approximate surface area is 114 Å². The number of anilines is 2. The van der Waals surface area contributed by atoms with Crippen LogP contribution in [0, 0.1) is 5.92 Å². The lowest BCUT2D eigenvalue weighted by Gasteiger charge is -2.33. The van der Waals surface area contributed by atoms with E-state index in [0.29, 0.717) is 11.4 Å². The Kier molecular flexibility index (Phi) is 3.20. The van der Waals surface area contributed by atoms with E-state index in [4.69, 9.17) is 10.5 Å². The van der Waals surface area contributed by atoms with Crippen LogP contribution in [0.25, 0.3) is 0 Å². The molecule has 1 aliphatic rings. The molecule has 1 aromatic carbocycles. The Morgan fingerprint density at radius 1 is 1.32 bits per heavy atom. The van der Waals surface area contributed by atoms with Crippen LogP contribution in [-0.2, 0) is 10.2 Å². The van der Waals surface area contributed by atoms with Gasteiger partial charge in [0.2, 0.25) is 0 Å². The van der Waals surface area contributed by atoms with Crippen LogP contribution in [0.1, 0.15) is 40.2 Å². The minimum absolute atomic E-state index is 0.0942. The molecule has 1 unspecified atom stereocenters. The highest BCUT2D eigenvalue weighted by Crippen LogP contribution is 2.42. The van der Waals surface area contributed by atoms with Gasteiger partial charge in [0, 0.05) is 11.3 Å². The summed E-state index contributed by atoms with van der Waals surface area (Å²) < 4.78 is 5.95. The molecule has 0 fully saturated rings.